The van der Waals surface area contributed by atoms with Crippen molar-refractivity contribution in [2.24, 2.45) is 0 Å². The summed E-state index contributed by atoms with van der Waals surface area (Å²) >= 11 is 0. The number of imidazole rings is 1. The zero-order valence-corrected chi connectivity index (χ0v) is 23.2. The van der Waals surface area contributed by atoms with E-state index in [9.17, 15) is 4.79 Å². The molecule has 0 spiro atoms. The Morgan fingerprint density at radius 1 is 1.07 bits per heavy atom. The van der Waals surface area contributed by atoms with Crippen LogP contribution in [-0.2, 0) is 4.79 Å². The molecule has 2 N–H and O–H groups in total. The number of nitrogens with zero attached hydrogens (tertiary/aromatic N) is 5. The number of hydrogen-bond acceptors (Lipinski definition) is 8. The minimum atomic E-state index is -0.283. The molecule has 10 heteroatoms. The number of methoxy groups -OCH3 is 2. The van der Waals surface area contributed by atoms with Crippen LogP contribution >= 0.6 is 0 Å². The third-order valence-electron chi connectivity index (χ3n) is 7.16. The van der Waals surface area contributed by atoms with Crippen molar-refractivity contribution in [3.63, 3.8) is 0 Å². The van der Waals surface area contributed by atoms with Crippen LogP contribution in [-0.4, -0.2) is 72.8 Å². The molecular formula is C30H35N7O3. The second-order valence-corrected chi connectivity index (χ2v) is 9.73. The number of pyridine rings is 1. The Morgan fingerprint density at radius 2 is 1.90 bits per heavy atom. The first-order chi connectivity index (χ1) is 19.5. The number of anilines is 4. The number of rotatable bonds is 11. The third-order valence-corrected chi connectivity index (χ3v) is 7.16. The van der Waals surface area contributed by atoms with Gasteiger partial charge in [0.2, 0.25) is 5.91 Å². The van der Waals surface area contributed by atoms with Gasteiger partial charge in [0.1, 0.15) is 23.6 Å². The van der Waals surface area contributed by atoms with E-state index in [-0.39, 0.29) is 5.91 Å². The molecule has 0 unspecified atom stereocenters. The lowest BCUT2D eigenvalue weighted by atomic mass is 10.2. The van der Waals surface area contributed by atoms with E-state index in [4.69, 9.17) is 9.47 Å². The Bertz CT molecular complexity index is 1510. The largest absolute Gasteiger partial charge is 0.497 e. The molecule has 0 bridgehead atoms. The summed E-state index contributed by atoms with van der Waals surface area (Å²) in [5.74, 6) is 1.72. The Hall–Kier alpha value is -4.57. The summed E-state index contributed by atoms with van der Waals surface area (Å²) in [5.41, 5.74) is 4.86. The van der Waals surface area contributed by atoms with Gasteiger partial charge < -0.3 is 29.9 Å². The number of carbonyl (C=O) groups excluding carboxylic acids is 1. The topological polar surface area (TPSA) is 96.8 Å². The van der Waals surface area contributed by atoms with Crippen molar-refractivity contribution < 1.29 is 14.3 Å². The van der Waals surface area contributed by atoms with E-state index in [0.29, 0.717) is 22.9 Å². The maximum Gasteiger partial charge on any atom is 0.247 e. The molecular weight excluding hydrogens is 506 g/mol. The first-order valence-corrected chi connectivity index (χ1v) is 13.3. The van der Waals surface area contributed by atoms with Gasteiger partial charge >= 0.3 is 0 Å². The number of amides is 1. The van der Waals surface area contributed by atoms with Gasteiger partial charge in [0.25, 0.3) is 0 Å². The fourth-order valence-corrected chi connectivity index (χ4v) is 4.95. The van der Waals surface area contributed by atoms with Crippen LogP contribution in [0, 0.1) is 0 Å². The highest BCUT2D eigenvalue weighted by Gasteiger charge is 2.18. The Kier molecular flexibility index (Phi) is 8.16. The van der Waals surface area contributed by atoms with Gasteiger partial charge in [-0.3, -0.25) is 9.36 Å². The zero-order valence-electron chi connectivity index (χ0n) is 23.2. The van der Waals surface area contributed by atoms with Crippen LogP contribution in [0.15, 0.2) is 67.6 Å². The lowest BCUT2D eigenvalue weighted by Crippen LogP contribution is -2.32. The minimum absolute atomic E-state index is 0.283. The van der Waals surface area contributed by atoms with Crippen molar-refractivity contribution in [1.29, 1.82) is 0 Å². The smallest absolute Gasteiger partial charge is 0.247 e. The predicted molar refractivity (Wildman–Crippen MR) is 159 cm³/mol. The number of aromatic nitrogens is 3. The number of ether oxygens (including phenoxy) is 2. The van der Waals surface area contributed by atoms with Crippen LogP contribution in [0.25, 0.3) is 16.7 Å². The molecule has 1 fully saturated rings. The Balaban J connectivity index is 1.44. The van der Waals surface area contributed by atoms with Gasteiger partial charge in [0.05, 0.1) is 48.0 Å². The summed E-state index contributed by atoms with van der Waals surface area (Å²) in [4.78, 5) is 26.0. The molecule has 0 saturated carbocycles. The molecule has 1 saturated heterocycles. The second-order valence-electron chi connectivity index (χ2n) is 9.73. The van der Waals surface area contributed by atoms with Crippen molar-refractivity contribution in [2.75, 3.05) is 63.0 Å². The van der Waals surface area contributed by atoms with Gasteiger partial charge in [-0.15, -0.1) is 0 Å². The summed E-state index contributed by atoms with van der Waals surface area (Å²) in [6.07, 6.45) is 7.28. The molecule has 208 valence electrons. The molecule has 0 radical (unpaired) electrons. The molecule has 40 heavy (non-hydrogen) atoms. The zero-order chi connectivity index (χ0) is 28.1. The molecule has 0 atom stereocenters. The summed E-state index contributed by atoms with van der Waals surface area (Å²) < 4.78 is 13.1. The summed E-state index contributed by atoms with van der Waals surface area (Å²) in [7, 11) is 5.30. The maximum atomic E-state index is 12.3. The average Bonchev–Trinajstić information content (AvgIpc) is 3.66. The van der Waals surface area contributed by atoms with Crippen LogP contribution in [0.1, 0.15) is 12.8 Å². The lowest BCUT2D eigenvalue weighted by Gasteiger charge is -2.26. The van der Waals surface area contributed by atoms with Gasteiger partial charge in [0.15, 0.2) is 0 Å². The maximum absolute atomic E-state index is 12.3. The van der Waals surface area contributed by atoms with E-state index in [1.807, 2.05) is 54.1 Å². The molecule has 3 heterocycles. The number of nitrogens with one attached hydrogen (secondary N) is 2. The molecule has 0 aliphatic carbocycles. The van der Waals surface area contributed by atoms with Gasteiger partial charge in [-0.1, -0.05) is 6.58 Å². The first-order valence-electron chi connectivity index (χ1n) is 13.3. The summed E-state index contributed by atoms with van der Waals surface area (Å²) in [5, 5.41) is 6.33. The van der Waals surface area contributed by atoms with Crippen molar-refractivity contribution in [2.45, 2.75) is 12.8 Å². The quantitative estimate of drug-likeness (QED) is 0.261. The third kappa shape index (κ3) is 5.86. The number of hydrogen-bond donors (Lipinski definition) is 2. The standard InChI is InChI=1S/C30H35N7O3/c1-5-30(38)34-24-18-25(28(40-4)19-27(24)35(2)14-15-36-12-6-7-13-36)33-29-16-21(10-11-31-29)37-20-32-23-17-22(39-3)8-9-26(23)37/h5,8-11,16-20H,1,6-7,12-15H2,2-4H3,(H,31,33)(H,34,38). The van der Waals surface area contributed by atoms with E-state index < -0.39 is 0 Å². The molecule has 1 aliphatic rings. The SMILES string of the molecule is C=CC(=O)Nc1cc(Nc2cc(-n3cnc4cc(OC)ccc43)ccn2)c(OC)cc1N(C)CCN1CCCC1. The monoisotopic (exact) mass is 541 g/mol. The van der Waals surface area contributed by atoms with Crippen molar-refractivity contribution in [3.05, 3.63) is 67.6 Å². The highest BCUT2D eigenvalue weighted by Crippen LogP contribution is 2.38. The fourth-order valence-electron chi connectivity index (χ4n) is 4.95. The number of fused-ring (bicyclic) bond motifs is 1. The Morgan fingerprint density at radius 3 is 2.65 bits per heavy atom. The lowest BCUT2D eigenvalue weighted by molar-refractivity contribution is -0.111. The first kappa shape index (κ1) is 27.0. The highest BCUT2D eigenvalue weighted by atomic mass is 16.5. The van der Waals surface area contributed by atoms with Crippen LogP contribution in [0.5, 0.6) is 11.5 Å². The summed E-state index contributed by atoms with van der Waals surface area (Å²) in [6, 6.07) is 13.4. The van der Waals surface area contributed by atoms with Crippen LogP contribution in [0.4, 0.5) is 22.9 Å². The Labute approximate surface area is 234 Å². The van der Waals surface area contributed by atoms with Gasteiger partial charge in [-0.05, 0) is 56.3 Å². The minimum Gasteiger partial charge on any atom is -0.497 e. The number of likely N-dealkylation sites (N-methyl/N-ethyl adjacent to an activating group) is 1. The van der Waals surface area contributed by atoms with Crippen molar-refractivity contribution >= 4 is 39.8 Å². The molecule has 2 aromatic carbocycles. The number of benzene rings is 2. The predicted octanol–water partition coefficient (Wildman–Crippen LogP) is 4.84. The van der Waals surface area contributed by atoms with Crippen LogP contribution < -0.4 is 25.0 Å². The van der Waals surface area contributed by atoms with E-state index in [2.05, 4.69) is 37.0 Å². The van der Waals surface area contributed by atoms with Crippen molar-refractivity contribution in [3.8, 4) is 17.2 Å². The second kappa shape index (κ2) is 12.1. The van der Waals surface area contributed by atoms with Crippen molar-refractivity contribution in [1.82, 2.24) is 19.4 Å². The average molecular weight is 542 g/mol. The van der Waals surface area contributed by atoms with E-state index in [0.717, 1.165) is 54.3 Å². The van der Waals surface area contributed by atoms with Gasteiger partial charge in [-0.25, -0.2) is 9.97 Å². The van der Waals surface area contributed by atoms with Gasteiger partial charge in [0, 0.05) is 44.5 Å². The number of likely N-dealkylation sites (tertiary alicyclic amines) is 1. The highest BCUT2D eigenvalue weighted by molar-refractivity contribution is 6.02. The molecule has 5 rings (SSSR count). The van der Waals surface area contributed by atoms with E-state index >= 15 is 0 Å². The van der Waals surface area contributed by atoms with Gasteiger partial charge in [-0.2, -0.15) is 0 Å². The molecule has 4 aromatic rings. The van der Waals surface area contributed by atoms with Crippen LogP contribution in [0.3, 0.4) is 0 Å². The normalized spacial score (nSPS) is 13.3. The molecule has 1 aliphatic heterocycles. The molecule has 10 nitrogen and oxygen atoms in total. The van der Waals surface area contributed by atoms with E-state index in [1.54, 1.807) is 26.7 Å². The summed E-state index contributed by atoms with van der Waals surface area (Å²) in [6.45, 7) is 7.66. The molecule has 1 amide bonds. The number of carbonyl (C=O) groups is 1. The fraction of sp³-hybridized carbons (Fsp3) is 0.300. The van der Waals surface area contributed by atoms with E-state index in [1.165, 1.54) is 18.9 Å². The van der Waals surface area contributed by atoms with Crippen LogP contribution in [0.2, 0.25) is 0 Å². The molecule has 2 aromatic heterocycles.